The predicted octanol–water partition coefficient (Wildman–Crippen LogP) is 3.74. The lowest BCUT2D eigenvalue weighted by atomic mass is 9.98. The van der Waals surface area contributed by atoms with Crippen LogP contribution in [0.1, 0.15) is 30.0 Å². The Kier molecular flexibility index (Phi) is 7.11. The second kappa shape index (κ2) is 9.33. The number of rotatable bonds is 8. The standard InChI is InChI=1S/C19H23ClN2O/c1-21-13-7-12-19(23)22-18(15-8-3-2-4-9-15)14-16-10-5-6-11-17(16)20/h2-6,8-11,18,21H,7,12-14H2,1H3,(H,22,23). The molecule has 1 unspecified atom stereocenters. The fourth-order valence-corrected chi connectivity index (χ4v) is 2.73. The minimum absolute atomic E-state index is 0.0705. The number of halogens is 1. The van der Waals surface area contributed by atoms with Crippen molar-refractivity contribution in [2.75, 3.05) is 13.6 Å². The SMILES string of the molecule is CNCCCC(=O)NC(Cc1ccccc1Cl)c1ccccc1. The molecule has 0 bridgehead atoms. The molecule has 0 saturated heterocycles. The maximum atomic E-state index is 12.2. The van der Waals surface area contributed by atoms with E-state index in [0.717, 1.165) is 29.1 Å². The Hall–Kier alpha value is -1.84. The predicted molar refractivity (Wildman–Crippen MR) is 95.6 cm³/mol. The van der Waals surface area contributed by atoms with E-state index in [1.54, 1.807) is 0 Å². The van der Waals surface area contributed by atoms with E-state index in [1.165, 1.54) is 0 Å². The van der Waals surface area contributed by atoms with Crippen molar-refractivity contribution in [2.24, 2.45) is 0 Å². The minimum Gasteiger partial charge on any atom is -0.349 e. The molecule has 2 rings (SSSR count). The maximum absolute atomic E-state index is 12.2. The fourth-order valence-electron chi connectivity index (χ4n) is 2.51. The molecule has 0 aromatic heterocycles. The van der Waals surface area contributed by atoms with E-state index in [9.17, 15) is 4.79 Å². The van der Waals surface area contributed by atoms with Crippen LogP contribution in [0, 0.1) is 0 Å². The van der Waals surface area contributed by atoms with Gasteiger partial charge in [0.2, 0.25) is 5.91 Å². The molecule has 0 spiro atoms. The van der Waals surface area contributed by atoms with Crippen LogP contribution in [0.15, 0.2) is 54.6 Å². The molecule has 4 heteroatoms. The van der Waals surface area contributed by atoms with Crippen molar-refractivity contribution in [3.05, 3.63) is 70.7 Å². The third kappa shape index (κ3) is 5.70. The van der Waals surface area contributed by atoms with Crippen LogP contribution in [0.25, 0.3) is 0 Å². The Morgan fingerprint density at radius 2 is 1.78 bits per heavy atom. The lowest BCUT2D eigenvalue weighted by molar-refractivity contribution is -0.121. The van der Waals surface area contributed by atoms with Gasteiger partial charge in [0.15, 0.2) is 0 Å². The molecule has 3 nitrogen and oxygen atoms in total. The molecule has 23 heavy (non-hydrogen) atoms. The molecule has 0 aliphatic rings. The molecule has 1 atom stereocenters. The van der Waals surface area contributed by atoms with E-state index in [2.05, 4.69) is 10.6 Å². The summed E-state index contributed by atoms with van der Waals surface area (Å²) >= 11 is 6.27. The van der Waals surface area contributed by atoms with Crippen LogP contribution < -0.4 is 10.6 Å². The van der Waals surface area contributed by atoms with E-state index in [4.69, 9.17) is 11.6 Å². The number of amides is 1. The molecule has 2 N–H and O–H groups in total. The van der Waals surface area contributed by atoms with Crippen molar-refractivity contribution in [1.29, 1.82) is 0 Å². The number of carbonyl (C=O) groups excluding carboxylic acids is 1. The van der Waals surface area contributed by atoms with Gasteiger partial charge in [0.1, 0.15) is 0 Å². The highest BCUT2D eigenvalue weighted by Gasteiger charge is 2.16. The van der Waals surface area contributed by atoms with Crippen molar-refractivity contribution in [1.82, 2.24) is 10.6 Å². The van der Waals surface area contributed by atoms with Crippen LogP contribution in [-0.4, -0.2) is 19.5 Å². The fraction of sp³-hybridized carbons (Fsp3) is 0.316. The van der Waals surface area contributed by atoms with E-state index in [0.29, 0.717) is 12.8 Å². The summed E-state index contributed by atoms with van der Waals surface area (Å²) in [6.07, 6.45) is 2.03. The Bertz CT molecular complexity index is 616. The number of carbonyl (C=O) groups is 1. The van der Waals surface area contributed by atoms with Crippen LogP contribution >= 0.6 is 11.6 Å². The van der Waals surface area contributed by atoms with Gasteiger partial charge in [-0.15, -0.1) is 0 Å². The molecular weight excluding hydrogens is 308 g/mol. The van der Waals surface area contributed by atoms with Crippen LogP contribution in [0.4, 0.5) is 0 Å². The van der Waals surface area contributed by atoms with Gasteiger partial charge in [0, 0.05) is 11.4 Å². The molecule has 0 aliphatic heterocycles. The van der Waals surface area contributed by atoms with E-state index < -0.39 is 0 Å². The highest BCUT2D eigenvalue weighted by molar-refractivity contribution is 6.31. The van der Waals surface area contributed by atoms with E-state index in [1.807, 2.05) is 61.6 Å². The monoisotopic (exact) mass is 330 g/mol. The maximum Gasteiger partial charge on any atom is 0.220 e. The molecular formula is C19H23ClN2O. The van der Waals surface area contributed by atoms with Gasteiger partial charge in [0.25, 0.3) is 0 Å². The number of hydrogen-bond acceptors (Lipinski definition) is 2. The third-order valence-electron chi connectivity index (χ3n) is 3.75. The summed E-state index contributed by atoms with van der Waals surface area (Å²) in [7, 11) is 1.89. The second-order valence-electron chi connectivity index (χ2n) is 5.53. The summed E-state index contributed by atoms with van der Waals surface area (Å²) < 4.78 is 0. The second-order valence-corrected chi connectivity index (χ2v) is 5.94. The third-order valence-corrected chi connectivity index (χ3v) is 4.12. The van der Waals surface area contributed by atoms with E-state index in [-0.39, 0.29) is 11.9 Å². The van der Waals surface area contributed by atoms with Crippen molar-refractivity contribution < 1.29 is 4.79 Å². The van der Waals surface area contributed by atoms with Crippen LogP contribution in [0.5, 0.6) is 0 Å². The lowest BCUT2D eigenvalue weighted by Gasteiger charge is -2.20. The zero-order chi connectivity index (χ0) is 16.5. The quantitative estimate of drug-likeness (QED) is 0.724. The van der Waals surface area contributed by atoms with Gasteiger partial charge in [-0.05, 0) is 43.6 Å². The lowest BCUT2D eigenvalue weighted by Crippen LogP contribution is -2.30. The first-order valence-electron chi connectivity index (χ1n) is 7.93. The van der Waals surface area contributed by atoms with Crippen molar-refractivity contribution >= 4 is 17.5 Å². The van der Waals surface area contributed by atoms with E-state index >= 15 is 0 Å². The summed E-state index contributed by atoms with van der Waals surface area (Å²) in [5.74, 6) is 0.0705. The Morgan fingerprint density at radius 1 is 1.09 bits per heavy atom. The zero-order valence-corrected chi connectivity index (χ0v) is 14.1. The average molecular weight is 331 g/mol. The van der Waals surface area contributed by atoms with Gasteiger partial charge >= 0.3 is 0 Å². The van der Waals surface area contributed by atoms with Gasteiger partial charge in [-0.25, -0.2) is 0 Å². The number of benzene rings is 2. The smallest absolute Gasteiger partial charge is 0.220 e. The van der Waals surface area contributed by atoms with Crippen molar-refractivity contribution in [2.45, 2.75) is 25.3 Å². The van der Waals surface area contributed by atoms with Gasteiger partial charge in [-0.1, -0.05) is 60.1 Å². The highest BCUT2D eigenvalue weighted by atomic mass is 35.5. The number of nitrogens with one attached hydrogen (secondary N) is 2. The molecule has 2 aromatic carbocycles. The Morgan fingerprint density at radius 3 is 2.48 bits per heavy atom. The molecule has 0 radical (unpaired) electrons. The Balaban J connectivity index is 2.10. The first kappa shape index (κ1) is 17.5. The zero-order valence-electron chi connectivity index (χ0n) is 13.4. The normalized spacial score (nSPS) is 11.9. The minimum atomic E-state index is -0.0711. The molecule has 0 aliphatic carbocycles. The average Bonchev–Trinajstić information content (AvgIpc) is 2.57. The molecule has 0 saturated carbocycles. The van der Waals surface area contributed by atoms with Gasteiger partial charge in [-0.3, -0.25) is 4.79 Å². The van der Waals surface area contributed by atoms with Crippen molar-refractivity contribution in [3.63, 3.8) is 0 Å². The largest absolute Gasteiger partial charge is 0.349 e. The van der Waals surface area contributed by atoms with Crippen LogP contribution in [-0.2, 0) is 11.2 Å². The molecule has 0 fully saturated rings. The molecule has 122 valence electrons. The molecule has 0 heterocycles. The summed E-state index contributed by atoms with van der Waals surface area (Å²) in [6.45, 7) is 0.841. The van der Waals surface area contributed by atoms with Crippen LogP contribution in [0.3, 0.4) is 0 Å². The first-order valence-corrected chi connectivity index (χ1v) is 8.31. The topological polar surface area (TPSA) is 41.1 Å². The summed E-state index contributed by atoms with van der Waals surface area (Å²) in [4.78, 5) is 12.2. The number of hydrogen-bond donors (Lipinski definition) is 2. The highest BCUT2D eigenvalue weighted by Crippen LogP contribution is 2.23. The summed E-state index contributed by atoms with van der Waals surface area (Å²) in [5, 5.41) is 6.93. The van der Waals surface area contributed by atoms with Gasteiger partial charge < -0.3 is 10.6 Å². The molecule has 1 amide bonds. The van der Waals surface area contributed by atoms with Gasteiger partial charge in [-0.2, -0.15) is 0 Å². The Labute approximate surface area is 143 Å². The molecule has 2 aromatic rings. The van der Waals surface area contributed by atoms with Gasteiger partial charge in [0.05, 0.1) is 6.04 Å². The van der Waals surface area contributed by atoms with Crippen LogP contribution in [0.2, 0.25) is 5.02 Å². The summed E-state index contributed by atoms with van der Waals surface area (Å²) in [6, 6.07) is 17.7. The first-order chi connectivity index (χ1) is 11.2. The van der Waals surface area contributed by atoms with Crippen molar-refractivity contribution in [3.8, 4) is 0 Å². The summed E-state index contributed by atoms with van der Waals surface area (Å²) in [5.41, 5.74) is 2.13.